The molecule has 1 aliphatic carbocycles. The summed E-state index contributed by atoms with van der Waals surface area (Å²) in [6.07, 6.45) is 6.98. The first kappa shape index (κ1) is 13.7. The lowest BCUT2D eigenvalue weighted by atomic mass is 9.78. The lowest BCUT2D eigenvalue weighted by Crippen LogP contribution is -2.49. The normalized spacial score (nSPS) is 36.4. The number of rotatable bonds is 4. The van der Waals surface area contributed by atoms with Gasteiger partial charge in [-0.15, -0.1) is 0 Å². The lowest BCUT2D eigenvalue weighted by Gasteiger charge is -2.40. The van der Waals surface area contributed by atoms with Gasteiger partial charge >= 0.3 is 0 Å². The predicted molar refractivity (Wildman–Crippen MR) is 77.5 cm³/mol. The molecule has 2 aliphatic rings. The van der Waals surface area contributed by atoms with Crippen LogP contribution in [0.5, 0.6) is 0 Å². The zero-order valence-corrected chi connectivity index (χ0v) is 12.2. The van der Waals surface area contributed by atoms with Crippen LogP contribution in [-0.2, 0) is 0 Å². The molecule has 2 fully saturated rings. The topological polar surface area (TPSA) is 29.3 Å². The second kappa shape index (κ2) is 6.44. The smallest absolute Gasteiger partial charge is 0.0246 e. The van der Waals surface area contributed by atoms with Crippen molar-refractivity contribution in [2.45, 2.75) is 51.1 Å². The molecule has 100 valence electrons. The summed E-state index contributed by atoms with van der Waals surface area (Å²) >= 11 is 2.10. The van der Waals surface area contributed by atoms with E-state index in [4.69, 9.17) is 5.73 Å². The van der Waals surface area contributed by atoms with Crippen LogP contribution in [0.4, 0.5) is 0 Å². The van der Waals surface area contributed by atoms with Gasteiger partial charge in [-0.3, -0.25) is 4.90 Å². The Hall–Kier alpha value is 0.270. The highest BCUT2D eigenvalue weighted by atomic mass is 32.2. The molecule has 0 aromatic carbocycles. The summed E-state index contributed by atoms with van der Waals surface area (Å²) in [6.45, 7) is 3.24. The number of hydrogen-bond acceptors (Lipinski definition) is 3. The van der Waals surface area contributed by atoms with E-state index in [0.29, 0.717) is 6.04 Å². The number of nitrogens with two attached hydrogens (primary N) is 1. The Balaban J connectivity index is 1.90. The van der Waals surface area contributed by atoms with Crippen LogP contribution >= 0.6 is 11.8 Å². The van der Waals surface area contributed by atoms with E-state index in [0.717, 1.165) is 24.4 Å². The SMILES string of the molecule is CC1CCC(C(CN)N(C)C2CCSC2)CC1. The number of hydrogen-bond donors (Lipinski definition) is 1. The molecule has 1 heterocycles. The molecule has 1 saturated heterocycles. The third-order valence-electron chi connectivity index (χ3n) is 4.85. The van der Waals surface area contributed by atoms with Gasteiger partial charge in [0, 0.05) is 24.4 Å². The van der Waals surface area contributed by atoms with E-state index in [1.807, 2.05) is 0 Å². The third-order valence-corrected chi connectivity index (χ3v) is 6.00. The summed E-state index contributed by atoms with van der Waals surface area (Å²) < 4.78 is 0. The van der Waals surface area contributed by atoms with Crippen molar-refractivity contribution in [2.24, 2.45) is 17.6 Å². The Morgan fingerprint density at radius 1 is 1.24 bits per heavy atom. The molecule has 0 aromatic heterocycles. The highest BCUT2D eigenvalue weighted by molar-refractivity contribution is 7.99. The summed E-state index contributed by atoms with van der Waals surface area (Å²) in [5, 5.41) is 0. The van der Waals surface area contributed by atoms with Gasteiger partial charge in [-0.25, -0.2) is 0 Å². The van der Waals surface area contributed by atoms with Crippen LogP contribution in [0, 0.1) is 11.8 Å². The second-order valence-corrected chi connectivity index (χ2v) is 7.16. The van der Waals surface area contributed by atoms with Crippen LogP contribution in [0.2, 0.25) is 0 Å². The van der Waals surface area contributed by atoms with Gasteiger partial charge in [0.1, 0.15) is 0 Å². The van der Waals surface area contributed by atoms with E-state index in [1.54, 1.807) is 0 Å². The number of nitrogens with zero attached hydrogens (tertiary/aromatic N) is 1. The van der Waals surface area contributed by atoms with E-state index in [9.17, 15) is 0 Å². The zero-order valence-electron chi connectivity index (χ0n) is 11.4. The molecule has 0 spiro atoms. The average molecular weight is 256 g/mol. The van der Waals surface area contributed by atoms with E-state index in [-0.39, 0.29) is 0 Å². The third kappa shape index (κ3) is 3.39. The maximum absolute atomic E-state index is 6.06. The van der Waals surface area contributed by atoms with E-state index in [2.05, 4.69) is 30.6 Å². The van der Waals surface area contributed by atoms with Crippen molar-refractivity contribution in [3.05, 3.63) is 0 Å². The van der Waals surface area contributed by atoms with Crippen LogP contribution in [0.1, 0.15) is 39.0 Å². The summed E-state index contributed by atoms with van der Waals surface area (Å²) in [4.78, 5) is 2.61. The van der Waals surface area contributed by atoms with Crippen molar-refractivity contribution >= 4 is 11.8 Å². The van der Waals surface area contributed by atoms with Crippen LogP contribution in [0.25, 0.3) is 0 Å². The van der Waals surface area contributed by atoms with E-state index in [1.165, 1.54) is 43.6 Å². The van der Waals surface area contributed by atoms with Crippen molar-refractivity contribution in [3.8, 4) is 0 Å². The Morgan fingerprint density at radius 2 is 1.94 bits per heavy atom. The first-order valence-corrected chi connectivity index (χ1v) is 8.37. The maximum Gasteiger partial charge on any atom is 0.0246 e. The fourth-order valence-corrected chi connectivity index (χ4v) is 4.76. The molecule has 17 heavy (non-hydrogen) atoms. The Bertz CT molecular complexity index is 220. The van der Waals surface area contributed by atoms with Gasteiger partial charge < -0.3 is 5.73 Å². The molecule has 1 saturated carbocycles. The van der Waals surface area contributed by atoms with E-state index >= 15 is 0 Å². The quantitative estimate of drug-likeness (QED) is 0.838. The highest BCUT2D eigenvalue weighted by Gasteiger charge is 2.32. The van der Waals surface area contributed by atoms with Crippen LogP contribution < -0.4 is 5.73 Å². The van der Waals surface area contributed by atoms with Crippen molar-refractivity contribution in [3.63, 3.8) is 0 Å². The van der Waals surface area contributed by atoms with Crippen molar-refractivity contribution < 1.29 is 0 Å². The molecule has 2 rings (SSSR count). The van der Waals surface area contributed by atoms with Crippen molar-refractivity contribution in [1.29, 1.82) is 0 Å². The molecule has 2 atom stereocenters. The molecule has 0 bridgehead atoms. The minimum atomic E-state index is 0.631. The fourth-order valence-electron chi connectivity index (χ4n) is 3.48. The van der Waals surface area contributed by atoms with Gasteiger partial charge in [0.05, 0.1) is 0 Å². The van der Waals surface area contributed by atoms with Crippen LogP contribution in [-0.4, -0.2) is 42.1 Å². The lowest BCUT2D eigenvalue weighted by molar-refractivity contribution is 0.107. The zero-order chi connectivity index (χ0) is 12.3. The van der Waals surface area contributed by atoms with Crippen LogP contribution in [0.15, 0.2) is 0 Å². The maximum atomic E-state index is 6.06. The van der Waals surface area contributed by atoms with Gasteiger partial charge in [-0.1, -0.05) is 19.8 Å². The van der Waals surface area contributed by atoms with Crippen molar-refractivity contribution in [2.75, 3.05) is 25.1 Å². The summed E-state index contributed by atoms with van der Waals surface area (Å²) in [5.41, 5.74) is 6.06. The van der Waals surface area contributed by atoms with Gasteiger partial charge in [0.25, 0.3) is 0 Å². The standard InChI is InChI=1S/C14H28N2S/c1-11-3-5-12(6-4-11)14(9-15)16(2)13-7-8-17-10-13/h11-14H,3-10,15H2,1-2H3. The largest absolute Gasteiger partial charge is 0.329 e. The highest BCUT2D eigenvalue weighted by Crippen LogP contribution is 2.33. The summed E-state index contributed by atoms with van der Waals surface area (Å²) in [6, 6.07) is 1.42. The minimum Gasteiger partial charge on any atom is -0.329 e. The minimum absolute atomic E-state index is 0.631. The average Bonchev–Trinajstić information content (AvgIpc) is 2.86. The second-order valence-electron chi connectivity index (χ2n) is 6.01. The molecular weight excluding hydrogens is 228 g/mol. The molecular formula is C14H28N2S. The number of thioether (sulfide) groups is 1. The molecule has 3 heteroatoms. The van der Waals surface area contributed by atoms with Gasteiger partial charge in [0.2, 0.25) is 0 Å². The van der Waals surface area contributed by atoms with Gasteiger partial charge in [-0.2, -0.15) is 11.8 Å². The number of likely N-dealkylation sites (N-methyl/N-ethyl adjacent to an activating group) is 1. The Labute approximate surface area is 111 Å². The first-order valence-electron chi connectivity index (χ1n) is 7.22. The van der Waals surface area contributed by atoms with Gasteiger partial charge in [-0.05, 0) is 43.9 Å². The monoisotopic (exact) mass is 256 g/mol. The van der Waals surface area contributed by atoms with Gasteiger partial charge in [0.15, 0.2) is 0 Å². The summed E-state index contributed by atoms with van der Waals surface area (Å²) in [5.74, 6) is 4.45. The fraction of sp³-hybridized carbons (Fsp3) is 1.00. The molecule has 0 amide bonds. The molecule has 2 N–H and O–H groups in total. The molecule has 1 aliphatic heterocycles. The van der Waals surface area contributed by atoms with Crippen molar-refractivity contribution in [1.82, 2.24) is 4.90 Å². The Morgan fingerprint density at radius 3 is 2.47 bits per heavy atom. The summed E-state index contributed by atoms with van der Waals surface area (Å²) in [7, 11) is 2.31. The van der Waals surface area contributed by atoms with Crippen LogP contribution in [0.3, 0.4) is 0 Å². The molecule has 0 aromatic rings. The Kier molecular flexibility index (Phi) is 5.19. The first-order chi connectivity index (χ1) is 8.22. The molecule has 2 unspecified atom stereocenters. The molecule has 0 radical (unpaired) electrons. The van der Waals surface area contributed by atoms with E-state index < -0.39 is 0 Å². The predicted octanol–water partition coefficient (Wildman–Crippen LogP) is 2.58. The molecule has 2 nitrogen and oxygen atoms in total.